The summed E-state index contributed by atoms with van der Waals surface area (Å²) in [5, 5.41) is 0. The Bertz CT molecular complexity index is 217. The van der Waals surface area contributed by atoms with Crippen LogP contribution in [0.1, 0.15) is 90.4 Å². The average Bonchev–Trinajstić information content (AvgIpc) is 2.34. The number of thiol groups is 1. The van der Waals surface area contributed by atoms with E-state index in [-0.39, 0.29) is 0 Å². The van der Waals surface area contributed by atoms with Gasteiger partial charge in [-0.05, 0) is 6.42 Å². The van der Waals surface area contributed by atoms with Crippen LogP contribution in [0.5, 0.6) is 0 Å². The second kappa shape index (κ2) is 15.0. The van der Waals surface area contributed by atoms with Gasteiger partial charge in [0.2, 0.25) is 0 Å². The van der Waals surface area contributed by atoms with Crippen LogP contribution in [0.2, 0.25) is 0 Å². The van der Waals surface area contributed by atoms with E-state index in [1.54, 1.807) is 0 Å². The van der Waals surface area contributed by atoms with Gasteiger partial charge in [0, 0.05) is 5.75 Å². The van der Waals surface area contributed by atoms with Crippen molar-refractivity contribution < 1.29 is 8.42 Å². The Morgan fingerprint density at radius 3 is 1.22 bits per heavy atom. The molecule has 0 aliphatic heterocycles. The molecule has 0 unspecified atom stereocenters. The second-order valence-electron chi connectivity index (χ2n) is 5.30. The van der Waals surface area contributed by atoms with Crippen molar-refractivity contribution in [3.8, 4) is 0 Å². The molecule has 0 rings (SSSR count). The van der Waals surface area contributed by atoms with Crippen molar-refractivity contribution in [2.75, 3.05) is 5.75 Å². The predicted octanol–water partition coefficient (Wildman–Crippen LogP) is 4.69. The zero-order chi connectivity index (χ0) is 13.5. The third kappa shape index (κ3) is 16.0. The van der Waals surface area contributed by atoms with Gasteiger partial charge >= 0.3 is 0 Å². The van der Waals surface area contributed by atoms with Gasteiger partial charge < -0.3 is 0 Å². The molecule has 0 aromatic rings. The number of unbranched alkanes of at least 4 members (excludes halogenated alkanes) is 12. The van der Waals surface area contributed by atoms with Gasteiger partial charge in [0.1, 0.15) is 10.7 Å². The summed E-state index contributed by atoms with van der Waals surface area (Å²) in [5.41, 5.74) is 0. The lowest BCUT2D eigenvalue weighted by Gasteiger charge is -2.02. The molecule has 0 bridgehead atoms. The van der Waals surface area contributed by atoms with Crippen LogP contribution in [-0.4, -0.2) is 14.2 Å². The maximum atomic E-state index is 10.3. The first-order valence-corrected chi connectivity index (χ1v) is 9.25. The first-order chi connectivity index (χ1) is 8.77. The molecule has 0 radical (unpaired) electrons. The molecule has 0 saturated carbocycles. The number of hydrogen-bond donors (Lipinski definition) is 1. The number of hydrogen-bond acceptors (Lipinski definition) is 2. The summed E-state index contributed by atoms with van der Waals surface area (Å²) in [6, 6.07) is 0. The van der Waals surface area contributed by atoms with E-state index in [4.69, 9.17) is 0 Å². The molecule has 0 heterocycles. The summed E-state index contributed by atoms with van der Waals surface area (Å²) in [6.45, 7) is 2.26. The summed E-state index contributed by atoms with van der Waals surface area (Å²) < 4.78 is 20.7. The minimum absolute atomic E-state index is 0.382. The summed E-state index contributed by atoms with van der Waals surface area (Å²) in [4.78, 5) is 0. The van der Waals surface area contributed by atoms with Gasteiger partial charge in [-0.25, -0.2) is 8.42 Å². The highest BCUT2D eigenvalue weighted by Gasteiger charge is 1.94. The Kier molecular flexibility index (Phi) is 15.0. The minimum Gasteiger partial charge on any atom is -0.232 e. The SMILES string of the molecule is CCCCCCCCCCCCCCC[SH](=O)=O. The van der Waals surface area contributed by atoms with Gasteiger partial charge in [-0.15, -0.1) is 0 Å². The molecule has 2 nitrogen and oxygen atoms in total. The van der Waals surface area contributed by atoms with Crippen LogP contribution >= 0.6 is 0 Å². The van der Waals surface area contributed by atoms with Crippen molar-refractivity contribution in [1.82, 2.24) is 0 Å². The maximum absolute atomic E-state index is 10.3. The lowest BCUT2D eigenvalue weighted by atomic mass is 10.1. The van der Waals surface area contributed by atoms with Crippen LogP contribution in [0.3, 0.4) is 0 Å². The lowest BCUT2D eigenvalue weighted by Crippen LogP contribution is -1.88. The summed E-state index contributed by atoms with van der Waals surface area (Å²) >= 11 is 0. The van der Waals surface area contributed by atoms with E-state index >= 15 is 0 Å². The molecular formula is C15H32O2S. The smallest absolute Gasteiger partial charge is 0.140 e. The highest BCUT2D eigenvalue weighted by molar-refractivity contribution is 7.72. The third-order valence-electron chi connectivity index (χ3n) is 3.44. The van der Waals surface area contributed by atoms with Gasteiger partial charge in [-0.3, -0.25) is 0 Å². The Morgan fingerprint density at radius 1 is 0.556 bits per heavy atom. The fourth-order valence-electron chi connectivity index (χ4n) is 2.26. The van der Waals surface area contributed by atoms with Crippen molar-refractivity contribution >= 4 is 10.7 Å². The second-order valence-corrected chi connectivity index (χ2v) is 6.41. The van der Waals surface area contributed by atoms with Crippen LogP contribution in [0, 0.1) is 0 Å². The fraction of sp³-hybridized carbons (Fsp3) is 1.00. The molecule has 0 aliphatic rings. The largest absolute Gasteiger partial charge is 0.232 e. The van der Waals surface area contributed by atoms with Crippen LogP contribution in [-0.2, 0) is 10.7 Å². The molecule has 3 heteroatoms. The molecular weight excluding hydrogens is 244 g/mol. The Morgan fingerprint density at radius 2 is 0.889 bits per heavy atom. The van der Waals surface area contributed by atoms with Gasteiger partial charge in [0.25, 0.3) is 0 Å². The van der Waals surface area contributed by atoms with E-state index in [2.05, 4.69) is 6.92 Å². The van der Waals surface area contributed by atoms with Gasteiger partial charge in [-0.2, -0.15) is 0 Å². The van der Waals surface area contributed by atoms with Crippen LogP contribution < -0.4 is 0 Å². The maximum Gasteiger partial charge on any atom is 0.140 e. The van der Waals surface area contributed by atoms with Crippen molar-refractivity contribution in [3.05, 3.63) is 0 Å². The average molecular weight is 276 g/mol. The van der Waals surface area contributed by atoms with Crippen LogP contribution in [0.4, 0.5) is 0 Å². The Labute approximate surface area is 116 Å². The first-order valence-electron chi connectivity index (χ1n) is 7.89. The lowest BCUT2D eigenvalue weighted by molar-refractivity contribution is 0.542. The molecule has 0 spiro atoms. The van der Waals surface area contributed by atoms with Crippen molar-refractivity contribution in [2.24, 2.45) is 0 Å². The van der Waals surface area contributed by atoms with Crippen molar-refractivity contribution in [2.45, 2.75) is 90.4 Å². The highest BCUT2D eigenvalue weighted by atomic mass is 32.2. The molecule has 18 heavy (non-hydrogen) atoms. The highest BCUT2D eigenvalue weighted by Crippen LogP contribution is 2.12. The van der Waals surface area contributed by atoms with Crippen LogP contribution in [0.15, 0.2) is 0 Å². The quantitative estimate of drug-likeness (QED) is 0.369. The molecule has 110 valence electrons. The molecule has 0 aromatic carbocycles. The fourth-order valence-corrected chi connectivity index (χ4v) is 2.74. The van der Waals surface area contributed by atoms with Gasteiger partial charge in [0.05, 0.1) is 0 Å². The Balaban J connectivity index is 2.94. The van der Waals surface area contributed by atoms with E-state index in [0.717, 1.165) is 12.8 Å². The Hall–Kier alpha value is -0.0500. The zero-order valence-electron chi connectivity index (χ0n) is 12.2. The molecule has 0 saturated heterocycles. The standard InChI is InChI=1S/C15H32O2S/c1-2-3-4-5-6-7-8-9-10-11-12-13-14-15-18(16)17/h18H,2-15H2,1H3. The summed E-state index contributed by atoms with van der Waals surface area (Å²) in [7, 11) is -2.14. The van der Waals surface area contributed by atoms with Crippen LogP contribution in [0.25, 0.3) is 0 Å². The van der Waals surface area contributed by atoms with Gasteiger partial charge in [-0.1, -0.05) is 84.0 Å². The molecule has 0 aromatic heterocycles. The number of rotatable bonds is 14. The zero-order valence-corrected chi connectivity index (χ0v) is 13.1. The third-order valence-corrected chi connectivity index (χ3v) is 4.13. The molecule has 0 atom stereocenters. The topological polar surface area (TPSA) is 34.1 Å². The minimum atomic E-state index is -2.14. The normalized spacial score (nSPS) is 11.2. The summed E-state index contributed by atoms with van der Waals surface area (Å²) in [6.07, 6.45) is 16.9. The molecule has 0 amide bonds. The van der Waals surface area contributed by atoms with Crippen molar-refractivity contribution in [3.63, 3.8) is 0 Å². The molecule has 0 N–H and O–H groups in total. The van der Waals surface area contributed by atoms with E-state index in [9.17, 15) is 8.42 Å². The molecule has 0 aliphatic carbocycles. The molecule has 0 fully saturated rings. The van der Waals surface area contributed by atoms with E-state index in [1.165, 1.54) is 70.6 Å². The van der Waals surface area contributed by atoms with E-state index in [1.807, 2.05) is 0 Å². The van der Waals surface area contributed by atoms with E-state index < -0.39 is 10.7 Å². The van der Waals surface area contributed by atoms with E-state index in [0.29, 0.717) is 5.75 Å². The predicted molar refractivity (Wildman–Crippen MR) is 80.9 cm³/mol. The van der Waals surface area contributed by atoms with Gasteiger partial charge in [0.15, 0.2) is 0 Å². The van der Waals surface area contributed by atoms with Crippen molar-refractivity contribution in [1.29, 1.82) is 0 Å². The monoisotopic (exact) mass is 276 g/mol. The first kappa shape index (κ1) is 17.9. The summed E-state index contributed by atoms with van der Waals surface area (Å²) in [5.74, 6) is 0.382.